The molecule has 0 unspecified atom stereocenters. The maximum absolute atomic E-state index is 12.5. The Morgan fingerprint density at radius 2 is 1.72 bits per heavy atom. The van der Waals surface area contributed by atoms with E-state index in [0.717, 1.165) is 32.0 Å². The Kier molecular flexibility index (Phi) is 6.36. The van der Waals surface area contributed by atoms with Gasteiger partial charge in [0.05, 0.1) is 11.5 Å². The molecule has 1 aliphatic heterocycles. The lowest BCUT2D eigenvalue weighted by Crippen LogP contribution is -2.42. The van der Waals surface area contributed by atoms with E-state index in [1.165, 1.54) is 25.7 Å². The van der Waals surface area contributed by atoms with Gasteiger partial charge in [-0.15, -0.1) is 0 Å². The lowest BCUT2D eigenvalue weighted by molar-refractivity contribution is 0.135. The maximum Gasteiger partial charge on any atom is 0.240 e. The first-order valence-corrected chi connectivity index (χ1v) is 11.0. The molecule has 2 aliphatic rings. The second kappa shape index (κ2) is 8.52. The Labute approximate surface area is 151 Å². The molecular formula is C19H30N2O3S. The number of hydrogen-bond acceptors (Lipinski definition) is 4. The van der Waals surface area contributed by atoms with Crippen molar-refractivity contribution in [1.29, 1.82) is 0 Å². The van der Waals surface area contributed by atoms with Crippen molar-refractivity contribution in [3.05, 3.63) is 24.3 Å². The van der Waals surface area contributed by atoms with Gasteiger partial charge in [0.15, 0.2) is 0 Å². The van der Waals surface area contributed by atoms with Crippen molar-refractivity contribution in [2.75, 3.05) is 26.2 Å². The third-order valence-electron chi connectivity index (χ3n) is 5.50. The fourth-order valence-electron chi connectivity index (χ4n) is 3.98. The SMILES string of the molecule is CCOc1ccc(S(=O)(=O)NCC2CCN(C3CCCC3)CC2)cc1. The number of rotatable bonds is 7. The van der Waals surface area contributed by atoms with Crippen LogP contribution in [0.4, 0.5) is 0 Å². The van der Waals surface area contributed by atoms with Crippen LogP contribution in [0.25, 0.3) is 0 Å². The molecule has 1 aromatic rings. The second-order valence-electron chi connectivity index (χ2n) is 7.17. The fraction of sp³-hybridized carbons (Fsp3) is 0.684. The predicted octanol–water partition coefficient (Wildman–Crippen LogP) is 3.02. The van der Waals surface area contributed by atoms with E-state index < -0.39 is 10.0 Å². The third kappa shape index (κ3) is 4.96. The summed E-state index contributed by atoms with van der Waals surface area (Å²) in [6, 6.07) is 7.41. The lowest BCUT2D eigenvalue weighted by Gasteiger charge is -2.36. The Morgan fingerprint density at radius 1 is 1.08 bits per heavy atom. The van der Waals surface area contributed by atoms with Gasteiger partial charge in [-0.1, -0.05) is 12.8 Å². The van der Waals surface area contributed by atoms with Crippen molar-refractivity contribution < 1.29 is 13.2 Å². The minimum Gasteiger partial charge on any atom is -0.494 e. The largest absolute Gasteiger partial charge is 0.494 e. The van der Waals surface area contributed by atoms with Crippen molar-refractivity contribution in [2.45, 2.75) is 56.4 Å². The zero-order chi connectivity index (χ0) is 17.7. The van der Waals surface area contributed by atoms with Gasteiger partial charge in [-0.3, -0.25) is 0 Å². The van der Waals surface area contributed by atoms with Crippen LogP contribution in [0.3, 0.4) is 0 Å². The fourth-order valence-corrected chi connectivity index (χ4v) is 5.10. The van der Waals surface area contributed by atoms with Gasteiger partial charge < -0.3 is 9.64 Å². The lowest BCUT2D eigenvalue weighted by atomic mass is 9.96. The number of hydrogen-bond donors (Lipinski definition) is 1. The molecule has 1 saturated carbocycles. The topological polar surface area (TPSA) is 58.6 Å². The summed E-state index contributed by atoms with van der Waals surface area (Å²) in [6.45, 7) is 5.24. The van der Waals surface area contributed by atoms with Gasteiger partial charge >= 0.3 is 0 Å². The highest BCUT2D eigenvalue weighted by Crippen LogP contribution is 2.27. The maximum atomic E-state index is 12.5. The number of likely N-dealkylation sites (tertiary alicyclic amines) is 1. The Hall–Kier alpha value is -1.11. The Morgan fingerprint density at radius 3 is 2.32 bits per heavy atom. The molecule has 1 N–H and O–H groups in total. The molecule has 1 aromatic carbocycles. The summed E-state index contributed by atoms with van der Waals surface area (Å²) in [5, 5.41) is 0. The summed E-state index contributed by atoms with van der Waals surface area (Å²) in [5.41, 5.74) is 0. The summed E-state index contributed by atoms with van der Waals surface area (Å²) in [6.07, 6.45) is 7.59. The quantitative estimate of drug-likeness (QED) is 0.806. The number of sulfonamides is 1. The van der Waals surface area contributed by atoms with Crippen LogP contribution in [0.15, 0.2) is 29.2 Å². The summed E-state index contributed by atoms with van der Waals surface area (Å²) in [4.78, 5) is 2.92. The van der Waals surface area contributed by atoms with Crippen molar-refractivity contribution in [2.24, 2.45) is 5.92 Å². The Balaban J connectivity index is 1.47. The average molecular weight is 367 g/mol. The highest BCUT2D eigenvalue weighted by Gasteiger charge is 2.27. The van der Waals surface area contributed by atoms with E-state index in [-0.39, 0.29) is 0 Å². The minimum atomic E-state index is -3.44. The molecule has 0 spiro atoms. The zero-order valence-electron chi connectivity index (χ0n) is 15.1. The van der Waals surface area contributed by atoms with Crippen LogP contribution in [0.5, 0.6) is 5.75 Å². The van der Waals surface area contributed by atoms with Crippen molar-refractivity contribution in [3.8, 4) is 5.75 Å². The molecule has 1 saturated heterocycles. The minimum absolute atomic E-state index is 0.305. The van der Waals surface area contributed by atoms with E-state index in [4.69, 9.17) is 4.74 Å². The highest BCUT2D eigenvalue weighted by atomic mass is 32.2. The molecule has 140 valence electrons. The van der Waals surface area contributed by atoms with Crippen LogP contribution in [0.2, 0.25) is 0 Å². The first kappa shape index (κ1) is 18.7. The number of ether oxygens (including phenoxy) is 1. The van der Waals surface area contributed by atoms with Crippen molar-refractivity contribution in [3.63, 3.8) is 0 Å². The molecule has 5 nitrogen and oxygen atoms in total. The van der Waals surface area contributed by atoms with E-state index in [0.29, 0.717) is 29.7 Å². The first-order chi connectivity index (χ1) is 12.1. The molecule has 6 heteroatoms. The molecule has 1 heterocycles. The number of nitrogens with zero attached hydrogens (tertiary/aromatic N) is 1. The molecule has 0 amide bonds. The molecule has 0 radical (unpaired) electrons. The van der Waals surface area contributed by atoms with Gasteiger partial charge in [0.2, 0.25) is 10.0 Å². The van der Waals surface area contributed by atoms with Gasteiger partial charge in [0.25, 0.3) is 0 Å². The van der Waals surface area contributed by atoms with Crippen LogP contribution >= 0.6 is 0 Å². The van der Waals surface area contributed by atoms with Gasteiger partial charge in [-0.25, -0.2) is 13.1 Å². The number of nitrogens with one attached hydrogen (secondary N) is 1. The summed E-state index contributed by atoms with van der Waals surface area (Å²) >= 11 is 0. The number of benzene rings is 1. The standard InChI is InChI=1S/C19H30N2O3S/c1-2-24-18-7-9-19(10-8-18)25(22,23)20-15-16-11-13-21(14-12-16)17-5-3-4-6-17/h7-10,16-17,20H,2-6,11-15H2,1H3. The summed E-state index contributed by atoms with van der Waals surface area (Å²) in [5.74, 6) is 1.14. The molecule has 3 rings (SSSR count). The van der Waals surface area contributed by atoms with E-state index in [9.17, 15) is 8.42 Å². The molecule has 0 bridgehead atoms. The monoisotopic (exact) mass is 366 g/mol. The molecular weight excluding hydrogens is 336 g/mol. The number of piperidine rings is 1. The normalized spacial score (nSPS) is 20.8. The molecule has 0 aromatic heterocycles. The van der Waals surface area contributed by atoms with E-state index in [1.54, 1.807) is 24.3 Å². The first-order valence-electron chi connectivity index (χ1n) is 9.55. The summed E-state index contributed by atoms with van der Waals surface area (Å²) < 4.78 is 33.1. The van der Waals surface area contributed by atoms with Crippen LogP contribution in [-0.4, -0.2) is 45.6 Å². The molecule has 1 aliphatic carbocycles. The Bertz CT molecular complexity index is 631. The third-order valence-corrected chi connectivity index (χ3v) is 6.94. The van der Waals surface area contributed by atoms with E-state index in [2.05, 4.69) is 9.62 Å². The van der Waals surface area contributed by atoms with Crippen LogP contribution in [0, 0.1) is 5.92 Å². The van der Waals surface area contributed by atoms with Crippen LogP contribution in [-0.2, 0) is 10.0 Å². The zero-order valence-corrected chi connectivity index (χ0v) is 15.9. The average Bonchev–Trinajstić information content (AvgIpc) is 3.16. The van der Waals surface area contributed by atoms with Crippen molar-refractivity contribution in [1.82, 2.24) is 9.62 Å². The van der Waals surface area contributed by atoms with Gasteiger partial charge in [0.1, 0.15) is 5.75 Å². The predicted molar refractivity (Wildman–Crippen MR) is 99.4 cm³/mol. The van der Waals surface area contributed by atoms with Crippen LogP contribution < -0.4 is 9.46 Å². The smallest absolute Gasteiger partial charge is 0.240 e. The van der Waals surface area contributed by atoms with Gasteiger partial charge in [-0.05, 0) is 75.9 Å². The molecule has 25 heavy (non-hydrogen) atoms. The van der Waals surface area contributed by atoms with Gasteiger partial charge in [0, 0.05) is 12.6 Å². The van der Waals surface area contributed by atoms with Gasteiger partial charge in [-0.2, -0.15) is 0 Å². The highest BCUT2D eigenvalue weighted by molar-refractivity contribution is 7.89. The second-order valence-corrected chi connectivity index (χ2v) is 8.94. The molecule has 0 atom stereocenters. The van der Waals surface area contributed by atoms with E-state index >= 15 is 0 Å². The summed E-state index contributed by atoms with van der Waals surface area (Å²) in [7, 11) is -3.44. The van der Waals surface area contributed by atoms with E-state index in [1.807, 2.05) is 6.92 Å². The van der Waals surface area contributed by atoms with Crippen molar-refractivity contribution >= 4 is 10.0 Å². The molecule has 2 fully saturated rings. The van der Waals surface area contributed by atoms with Crippen LogP contribution in [0.1, 0.15) is 45.4 Å².